The molecule has 1 amide bonds. The van der Waals surface area contributed by atoms with Crippen molar-refractivity contribution in [3.05, 3.63) is 52.0 Å². The number of halogens is 2. The Bertz CT molecular complexity index is 866. The monoisotopic (exact) mass is 373 g/mol. The molecule has 0 heterocycles. The molecule has 2 aromatic carbocycles. The molecule has 0 saturated heterocycles. The molecule has 1 N–H and O–H groups in total. The Balaban J connectivity index is 2.40. The lowest BCUT2D eigenvalue weighted by molar-refractivity contribution is 0.102. The predicted octanol–water partition coefficient (Wildman–Crippen LogP) is 3.66. The summed E-state index contributed by atoms with van der Waals surface area (Å²) < 4.78 is 28.4. The van der Waals surface area contributed by atoms with E-state index in [4.69, 9.17) is 27.9 Å². The van der Waals surface area contributed by atoms with Crippen LogP contribution in [0.15, 0.2) is 41.3 Å². The van der Waals surface area contributed by atoms with Gasteiger partial charge in [-0.1, -0.05) is 23.2 Å². The number of rotatable bonds is 4. The number of ether oxygens (including phenoxy) is 1. The van der Waals surface area contributed by atoms with E-state index >= 15 is 0 Å². The first kappa shape index (κ1) is 17.6. The second-order valence-corrected chi connectivity index (χ2v) is 7.57. The van der Waals surface area contributed by atoms with Crippen LogP contribution in [-0.2, 0) is 9.84 Å². The summed E-state index contributed by atoms with van der Waals surface area (Å²) in [6.45, 7) is 0. The average Bonchev–Trinajstić information content (AvgIpc) is 2.46. The van der Waals surface area contributed by atoms with Crippen molar-refractivity contribution in [2.24, 2.45) is 0 Å². The normalized spacial score (nSPS) is 11.1. The van der Waals surface area contributed by atoms with E-state index in [0.717, 1.165) is 6.26 Å². The van der Waals surface area contributed by atoms with E-state index in [9.17, 15) is 13.2 Å². The van der Waals surface area contributed by atoms with Gasteiger partial charge in [0.05, 0.1) is 28.3 Å². The number of methoxy groups -OCH3 is 1. The van der Waals surface area contributed by atoms with E-state index in [1.54, 1.807) is 12.1 Å². The summed E-state index contributed by atoms with van der Waals surface area (Å²) in [5.74, 6) is -0.154. The first-order valence-corrected chi connectivity index (χ1v) is 9.01. The van der Waals surface area contributed by atoms with Crippen LogP contribution in [0.25, 0.3) is 0 Å². The van der Waals surface area contributed by atoms with E-state index in [2.05, 4.69) is 5.32 Å². The molecule has 0 saturated carbocycles. The molecular weight excluding hydrogens is 361 g/mol. The number of anilines is 1. The van der Waals surface area contributed by atoms with Crippen molar-refractivity contribution in [2.75, 3.05) is 18.7 Å². The molecule has 8 heteroatoms. The number of sulfone groups is 1. The van der Waals surface area contributed by atoms with Crippen molar-refractivity contribution < 1.29 is 17.9 Å². The minimum atomic E-state index is -3.45. The van der Waals surface area contributed by atoms with E-state index in [0.29, 0.717) is 16.5 Å². The van der Waals surface area contributed by atoms with Crippen molar-refractivity contribution in [1.29, 1.82) is 0 Å². The van der Waals surface area contributed by atoms with E-state index < -0.39 is 15.7 Å². The zero-order valence-electron chi connectivity index (χ0n) is 12.3. The molecule has 0 aliphatic rings. The molecule has 0 aromatic heterocycles. The second kappa shape index (κ2) is 6.78. The maximum atomic E-state index is 12.4. The molecule has 0 aliphatic carbocycles. The van der Waals surface area contributed by atoms with Gasteiger partial charge in [-0.25, -0.2) is 8.42 Å². The fraction of sp³-hybridized carbons (Fsp3) is 0.133. The van der Waals surface area contributed by atoms with Crippen molar-refractivity contribution in [3.63, 3.8) is 0 Å². The van der Waals surface area contributed by atoms with Crippen LogP contribution >= 0.6 is 23.2 Å². The van der Waals surface area contributed by atoms with Gasteiger partial charge in [0.1, 0.15) is 5.75 Å². The SMILES string of the molecule is COc1ccc(Cl)cc1NC(=O)c1cc(S(C)(=O)=O)ccc1Cl. The summed E-state index contributed by atoms with van der Waals surface area (Å²) in [5, 5.41) is 3.16. The highest BCUT2D eigenvalue weighted by molar-refractivity contribution is 7.90. The summed E-state index contributed by atoms with van der Waals surface area (Å²) in [4.78, 5) is 12.4. The van der Waals surface area contributed by atoms with Gasteiger partial charge >= 0.3 is 0 Å². The standard InChI is InChI=1S/C15H13Cl2NO4S/c1-22-14-6-3-9(16)7-13(14)18-15(19)11-8-10(23(2,20)21)4-5-12(11)17/h3-8H,1-2H3,(H,18,19). The van der Waals surface area contributed by atoms with Gasteiger partial charge in [0.15, 0.2) is 9.84 Å². The Hall–Kier alpha value is -1.76. The molecule has 122 valence electrons. The Morgan fingerprint density at radius 1 is 1.13 bits per heavy atom. The van der Waals surface area contributed by atoms with Gasteiger partial charge < -0.3 is 10.1 Å². The largest absolute Gasteiger partial charge is 0.495 e. The lowest BCUT2D eigenvalue weighted by Crippen LogP contribution is -2.14. The lowest BCUT2D eigenvalue weighted by Gasteiger charge is -2.12. The molecule has 2 aromatic rings. The van der Waals surface area contributed by atoms with Gasteiger partial charge in [0.25, 0.3) is 5.91 Å². The molecule has 0 aliphatic heterocycles. The number of hydrogen-bond donors (Lipinski definition) is 1. The quantitative estimate of drug-likeness (QED) is 0.887. The van der Waals surface area contributed by atoms with Gasteiger partial charge in [0, 0.05) is 11.3 Å². The highest BCUT2D eigenvalue weighted by Gasteiger charge is 2.17. The van der Waals surface area contributed by atoms with Crippen LogP contribution in [0.5, 0.6) is 5.75 Å². The molecule has 0 unspecified atom stereocenters. The predicted molar refractivity (Wildman–Crippen MR) is 90.5 cm³/mol. The minimum absolute atomic E-state index is 0.00473. The second-order valence-electron chi connectivity index (χ2n) is 4.71. The molecule has 0 atom stereocenters. The molecule has 0 fully saturated rings. The number of hydrogen-bond acceptors (Lipinski definition) is 4. The molecule has 0 radical (unpaired) electrons. The van der Waals surface area contributed by atoms with E-state index in [1.165, 1.54) is 31.4 Å². The third-order valence-corrected chi connectivity index (χ3v) is 4.70. The smallest absolute Gasteiger partial charge is 0.257 e. The first-order valence-electron chi connectivity index (χ1n) is 6.37. The Morgan fingerprint density at radius 2 is 1.83 bits per heavy atom. The van der Waals surface area contributed by atoms with E-state index in [1.807, 2.05) is 0 Å². The van der Waals surface area contributed by atoms with Crippen LogP contribution in [0, 0.1) is 0 Å². The summed E-state index contributed by atoms with van der Waals surface area (Å²) >= 11 is 11.9. The fourth-order valence-corrected chi connectivity index (χ4v) is 2.90. The highest BCUT2D eigenvalue weighted by atomic mass is 35.5. The van der Waals surface area contributed by atoms with Crippen LogP contribution in [0.4, 0.5) is 5.69 Å². The first-order chi connectivity index (χ1) is 10.7. The van der Waals surface area contributed by atoms with Gasteiger partial charge in [-0.2, -0.15) is 0 Å². The van der Waals surface area contributed by atoms with Crippen LogP contribution in [0.1, 0.15) is 10.4 Å². The molecular formula is C15H13Cl2NO4S. The zero-order chi connectivity index (χ0) is 17.2. The number of amides is 1. The summed E-state index contributed by atoms with van der Waals surface area (Å²) in [7, 11) is -2.00. The Morgan fingerprint density at radius 3 is 2.43 bits per heavy atom. The van der Waals surface area contributed by atoms with E-state index in [-0.39, 0.29) is 15.5 Å². The minimum Gasteiger partial charge on any atom is -0.495 e. The number of nitrogens with one attached hydrogen (secondary N) is 1. The molecule has 2 rings (SSSR count). The van der Waals surface area contributed by atoms with Crippen molar-refractivity contribution in [1.82, 2.24) is 0 Å². The number of benzene rings is 2. The van der Waals surface area contributed by atoms with Gasteiger partial charge in [-0.05, 0) is 36.4 Å². The van der Waals surface area contributed by atoms with Crippen LogP contribution in [0.3, 0.4) is 0 Å². The highest BCUT2D eigenvalue weighted by Crippen LogP contribution is 2.29. The van der Waals surface area contributed by atoms with Gasteiger partial charge in [-0.15, -0.1) is 0 Å². The number of carbonyl (C=O) groups is 1. The van der Waals surface area contributed by atoms with Crippen LogP contribution < -0.4 is 10.1 Å². The fourth-order valence-electron chi connectivity index (χ4n) is 1.88. The maximum absolute atomic E-state index is 12.4. The summed E-state index contributed by atoms with van der Waals surface area (Å²) in [5.41, 5.74) is 0.391. The van der Waals surface area contributed by atoms with Gasteiger partial charge in [0.2, 0.25) is 0 Å². The summed E-state index contributed by atoms with van der Waals surface area (Å²) in [6.07, 6.45) is 1.05. The number of carbonyl (C=O) groups excluding carboxylic acids is 1. The zero-order valence-corrected chi connectivity index (χ0v) is 14.6. The third kappa shape index (κ3) is 4.16. The lowest BCUT2D eigenvalue weighted by atomic mass is 10.2. The van der Waals surface area contributed by atoms with Crippen molar-refractivity contribution >= 4 is 44.6 Å². The average molecular weight is 374 g/mol. The molecule has 23 heavy (non-hydrogen) atoms. The van der Waals surface area contributed by atoms with Crippen molar-refractivity contribution in [3.8, 4) is 5.75 Å². The molecule has 0 bridgehead atoms. The third-order valence-electron chi connectivity index (χ3n) is 3.02. The molecule has 0 spiro atoms. The van der Waals surface area contributed by atoms with Crippen LogP contribution in [-0.4, -0.2) is 27.7 Å². The van der Waals surface area contributed by atoms with Crippen molar-refractivity contribution in [2.45, 2.75) is 4.90 Å². The summed E-state index contributed by atoms with van der Waals surface area (Å²) in [6, 6.07) is 8.67. The Labute approximate surface area is 144 Å². The van der Waals surface area contributed by atoms with Gasteiger partial charge in [-0.3, -0.25) is 4.79 Å². The maximum Gasteiger partial charge on any atom is 0.257 e. The molecule has 5 nitrogen and oxygen atoms in total. The Kier molecular flexibility index (Phi) is 5.19. The topological polar surface area (TPSA) is 72.5 Å². The van der Waals surface area contributed by atoms with Crippen LogP contribution in [0.2, 0.25) is 10.0 Å².